The predicted molar refractivity (Wildman–Crippen MR) is 164 cm³/mol. The number of amides is 2. The van der Waals surface area contributed by atoms with Crippen LogP contribution in [0.3, 0.4) is 0 Å². The molecule has 42 heavy (non-hydrogen) atoms. The molecule has 0 spiro atoms. The number of rotatable bonds is 12. The summed E-state index contributed by atoms with van der Waals surface area (Å²) in [6.45, 7) is 13.6. The normalized spacial score (nSPS) is 15.6. The van der Waals surface area contributed by atoms with Gasteiger partial charge in [0, 0.05) is 11.4 Å². The number of hydrogen-bond donors (Lipinski definition) is 2. The molecule has 2 unspecified atom stereocenters. The lowest BCUT2D eigenvalue weighted by Crippen LogP contribution is -2.27. The van der Waals surface area contributed by atoms with Crippen LogP contribution in [0, 0.1) is 11.3 Å². The lowest BCUT2D eigenvalue weighted by atomic mass is 9.72. The van der Waals surface area contributed by atoms with E-state index in [1.54, 1.807) is 19.1 Å². The summed E-state index contributed by atoms with van der Waals surface area (Å²) < 4.78 is 12.5. The number of fused-ring (bicyclic) bond motifs is 1. The minimum absolute atomic E-state index is 0.161. The Bertz CT molecular complexity index is 1390. The molecule has 2 N–H and O–H groups in total. The molecule has 0 aliphatic heterocycles. The van der Waals surface area contributed by atoms with E-state index in [2.05, 4.69) is 48.5 Å². The van der Waals surface area contributed by atoms with E-state index in [0.717, 1.165) is 42.5 Å². The number of thiophene rings is 1. The molecule has 10 nitrogen and oxygen atoms in total. The maximum atomic E-state index is 13.5. The van der Waals surface area contributed by atoms with Crippen LogP contribution in [-0.2, 0) is 35.5 Å². The van der Waals surface area contributed by atoms with Crippen molar-refractivity contribution in [2.45, 2.75) is 97.1 Å². The molecule has 1 aliphatic carbocycles. The van der Waals surface area contributed by atoms with Crippen molar-refractivity contribution in [2.24, 2.45) is 11.3 Å². The number of carbonyl (C=O) groups is 3. The van der Waals surface area contributed by atoms with Gasteiger partial charge in [-0.15, -0.1) is 21.5 Å². The summed E-state index contributed by atoms with van der Waals surface area (Å²) in [5.41, 5.74) is 1.67. The molecule has 228 valence electrons. The quantitative estimate of drug-likeness (QED) is 0.185. The summed E-state index contributed by atoms with van der Waals surface area (Å²) in [5, 5.41) is 15.1. The van der Waals surface area contributed by atoms with Crippen molar-refractivity contribution in [2.75, 3.05) is 11.9 Å². The number of unbranched alkanes of at least 4 members (excludes halogenated alkanes) is 1. The molecule has 3 aromatic heterocycles. The maximum Gasteiger partial charge on any atom is 0.341 e. The van der Waals surface area contributed by atoms with E-state index >= 15 is 0 Å². The lowest BCUT2D eigenvalue weighted by Gasteiger charge is -2.33. The minimum atomic E-state index is -0.517. The smallest absolute Gasteiger partial charge is 0.341 e. The zero-order chi connectivity index (χ0) is 30.4. The van der Waals surface area contributed by atoms with Crippen molar-refractivity contribution in [3.63, 3.8) is 0 Å². The molecule has 2 amide bonds. The third kappa shape index (κ3) is 7.44. The van der Waals surface area contributed by atoms with Gasteiger partial charge in [0.25, 0.3) is 5.91 Å². The number of carbonyl (C=O) groups excluding carboxylic acids is 3. The van der Waals surface area contributed by atoms with Crippen LogP contribution in [0.1, 0.15) is 98.0 Å². The van der Waals surface area contributed by atoms with Gasteiger partial charge in [0.1, 0.15) is 5.00 Å². The van der Waals surface area contributed by atoms with Crippen LogP contribution in [0.4, 0.5) is 5.00 Å². The van der Waals surface area contributed by atoms with Crippen LogP contribution in [0.15, 0.2) is 28.0 Å². The largest absolute Gasteiger partial charge is 0.462 e. The summed E-state index contributed by atoms with van der Waals surface area (Å²) in [6, 6.07) is 3.25. The second kappa shape index (κ2) is 13.9. The Hall–Kier alpha value is -3.12. The van der Waals surface area contributed by atoms with Gasteiger partial charge in [-0.1, -0.05) is 45.9 Å². The highest BCUT2D eigenvalue weighted by Crippen LogP contribution is 2.44. The average Bonchev–Trinajstić information content (AvgIpc) is 3.69. The van der Waals surface area contributed by atoms with E-state index < -0.39 is 5.25 Å². The van der Waals surface area contributed by atoms with Crippen molar-refractivity contribution in [3.8, 4) is 0 Å². The standard InChI is InChI=1S/C30H41N5O5S2/c1-7-9-14-35-23(17-31-26(37)21-11-10-15-40-21)33-34-29(35)41-18(3)25(36)32-27-24(28(38)39-8-2)20-13-12-19(30(4,5)6)16-22(20)42-27/h10-11,15,18-19H,7-9,12-14,16-17H2,1-6H3,(H,31,37)(H,32,36). The summed E-state index contributed by atoms with van der Waals surface area (Å²) >= 11 is 2.79. The van der Waals surface area contributed by atoms with Crippen LogP contribution in [0.5, 0.6) is 0 Å². The fraction of sp³-hybridized carbons (Fsp3) is 0.567. The van der Waals surface area contributed by atoms with Gasteiger partial charge < -0.3 is 24.4 Å². The number of ether oxygens (including phenoxy) is 1. The molecule has 0 fully saturated rings. The van der Waals surface area contributed by atoms with Gasteiger partial charge in [0.05, 0.1) is 30.2 Å². The summed E-state index contributed by atoms with van der Waals surface area (Å²) in [7, 11) is 0. The molecule has 0 radical (unpaired) electrons. The van der Waals surface area contributed by atoms with Gasteiger partial charge in [0.15, 0.2) is 16.7 Å². The molecule has 0 aromatic carbocycles. The van der Waals surface area contributed by atoms with Crippen LogP contribution < -0.4 is 10.6 Å². The zero-order valence-corrected chi connectivity index (χ0v) is 26.9. The van der Waals surface area contributed by atoms with Crippen molar-refractivity contribution < 1.29 is 23.5 Å². The first-order valence-corrected chi connectivity index (χ1v) is 16.3. The number of hydrogen-bond acceptors (Lipinski definition) is 9. The van der Waals surface area contributed by atoms with Gasteiger partial charge in [-0.05, 0) is 68.6 Å². The first-order chi connectivity index (χ1) is 20.0. The maximum absolute atomic E-state index is 13.5. The van der Waals surface area contributed by atoms with Crippen LogP contribution in [0.25, 0.3) is 0 Å². The van der Waals surface area contributed by atoms with E-state index in [4.69, 9.17) is 9.15 Å². The molecule has 4 rings (SSSR count). The monoisotopic (exact) mass is 615 g/mol. The Labute approximate surface area is 255 Å². The number of furan rings is 1. The second-order valence-corrected chi connectivity index (χ2v) is 14.0. The topological polar surface area (TPSA) is 128 Å². The van der Waals surface area contributed by atoms with Crippen molar-refractivity contribution >= 4 is 45.9 Å². The number of aromatic nitrogens is 3. The summed E-state index contributed by atoms with van der Waals surface area (Å²) in [6.07, 6.45) is 5.98. The Kier molecular flexibility index (Phi) is 10.5. The first-order valence-electron chi connectivity index (χ1n) is 14.6. The fourth-order valence-corrected chi connectivity index (χ4v) is 7.20. The van der Waals surface area contributed by atoms with E-state index in [-0.39, 0.29) is 42.1 Å². The van der Waals surface area contributed by atoms with Crippen molar-refractivity contribution in [1.82, 2.24) is 20.1 Å². The molecule has 0 bridgehead atoms. The molecular weight excluding hydrogens is 574 g/mol. The number of nitrogens with one attached hydrogen (secondary N) is 2. The second-order valence-electron chi connectivity index (χ2n) is 11.5. The summed E-state index contributed by atoms with van der Waals surface area (Å²) in [4.78, 5) is 40.0. The zero-order valence-electron chi connectivity index (χ0n) is 25.2. The van der Waals surface area contributed by atoms with Crippen molar-refractivity contribution in [3.05, 3.63) is 46.0 Å². The Balaban J connectivity index is 1.49. The predicted octanol–water partition coefficient (Wildman–Crippen LogP) is 6.11. The lowest BCUT2D eigenvalue weighted by molar-refractivity contribution is -0.115. The van der Waals surface area contributed by atoms with Crippen molar-refractivity contribution in [1.29, 1.82) is 0 Å². The van der Waals surface area contributed by atoms with Gasteiger partial charge >= 0.3 is 5.97 Å². The van der Waals surface area contributed by atoms with E-state index in [0.29, 0.717) is 34.0 Å². The third-order valence-corrected chi connectivity index (χ3v) is 9.79. The first kappa shape index (κ1) is 31.8. The summed E-state index contributed by atoms with van der Waals surface area (Å²) in [5.74, 6) is 0.374. The average molecular weight is 616 g/mol. The van der Waals surface area contributed by atoms with Crippen LogP contribution in [-0.4, -0.2) is 44.4 Å². The van der Waals surface area contributed by atoms with Gasteiger partial charge in [-0.3, -0.25) is 9.59 Å². The van der Waals surface area contributed by atoms with E-state index in [9.17, 15) is 14.4 Å². The molecule has 0 saturated heterocycles. The van der Waals surface area contributed by atoms with Crippen LogP contribution >= 0.6 is 23.1 Å². The third-order valence-electron chi connectivity index (χ3n) is 7.54. The highest BCUT2D eigenvalue weighted by Gasteiger charge is 2.35. The number of nitrogens with zero attached hydrogens (tertiary/aromatic N) is 3. The molecule has 3 heterocycles. The molecule has 2 atom stereocenters. The number of esters is 1. The van der Waals surface area contributed by atoms with Crippen LogP contribution in [0.2, 0.25) is 0 Å². The van der Waals surface area contributed by atoms with Gasteiger partial charge in [-0.2, -0.15) is 0 Å². The van der Waals surface area contributed by atoms with Gasteiger partial charge in [-0.25, -0.2) is 4.79 Å². The SMILES string of the molecule is CCCCn1c(CNC(=O)c2ccco2)nnc1SC(C)C(=O)Nc1sc2c(c1C(=O)OCC)CCC(C(C)(C)C)C2. The molecule has 1 aliphatic rings. The Morgan fingerprint density at radius 1 is 1.26 bits per heavy atom. The molecule has 0 saturated carbocycles. The minimum Gasteiger partial charge on any atom is -0.462 e. The Morgan fingerprint density at radius 2 is 2.05 bits per heavy atom. The Morgan fingerprint density at radius 3 is 2.71 bits per heavy atom. The highest BCUT2D eigenvalue weighted by atomic mass is 32.2. The number of thioether (sulfide) groups is 1. The molecule has 12 heteroatoms. The fourth-order valence-electron chi connectivity index (χ4n) is 4.99. The van der Waals surface area contributed by atoms with Gasteiger partial charge in [0.2, 0.25) is 5.91 Å². The number of anilines is 1. The highest BCUT2D eigenvalue weighted by molar-refractivity contribution is 8.00. The molecule has 3 aromatic rings. The van der Waals surface area contributed by atoms with E-state index in [1.165, 1.54) is 29.4 Å². The van der Waals surface area contributed by atoms with E-state index in [1.807, 2.05) is 11.5 Å². The molecular formula is C30H41N5O5S2.